The van der Waals surface area contributed by atoms with Crippen LogP contribution in [0.1, 0.15) is 36.8 Å². The SMILES string of the molecule is CC(C)(C)c1cc(F)nc(C(=O)O)c1Br. The Morgan fingerprint density at radius 2 is 2.07 bits per heavy atom. The number of nitrogens with zero attached hydrogens (tertiary/aromatic N) is 1. The van der Waals surface area contributed by atoms with Gasteiger partial charge in [-0.1, -0.05) is 20.8 Å². The fourth-order valence-corrected chi connectivity index (χ4v) is 2.15. The van der Waals surface area contributed by atoms with Crippen molar-refractivity contribution in [1.82, 2.24) is 4.98 Å². The number of rotatable bonds is 1. The molecule has 1 N–H and O–H groups in total. The van der Waals surface area contributed by atoms with E-state index in [-0.39, 0.29) is 11.1 Å². The summed E-state index contributed by atoms with van der Waals surface area (Å²) in [5.74, 6) is -2.02. The second-order valence-corrected chi connectivity index (χ2v) is 5.00. The van der Waals surface area contributed by atoms with Gasteiger partial charge in [0.15, 0.2) is 5.69 Å². The maximum Gasteiger partial charge on any atom is 0.355 e. The quantitative estimate of drug-likeness (QED) is 0.802. The van der Waals surface area contributed by atoms with Crippen molar-refractivity contribution in [2.75, 3.05) is 0 Å². The van der Waals surface area contributed by atoms with E-state index in [1.807, 2.05) is 20.8 Å². The summed E-state index contributed by atoms with van der Waals surface area (Å²) >= 11 is 3.14. The lowest BCUT2D eigenvalue weighted by atomic mass is 9.87. The van der Waals surface area contributed by atoms with Gasteiger partial charge in [0.1, 0.15) is 0 Å². The summed E-state index contributed by atoms with van der Waals surface area (Å²) in [6.45, 7) is 5.62. The number of carbonyl (C=O) groups is 1. The van der Waals surface area contributed by atoms with Crippen LogP contribution in [0, 0.1) is 5.95 Å². The highest BCUT2D eigenvalue weighted by Crippen LogP contribution is 2.31. The summed E-state index contributed by atoms with van der Waals surface area (Å²) in [4.78, 5) is 14.1. The molecule has 0 amide bonds. The van der Waals surface area contributed by atoms with E-state index in [1.165, 1.54) is 6.07 Å². The maximum absolute atomic E-state index is 13.1. The molecular weight excluding hydrogens is 265 g/mol. The van der Waals surface area contributed by atoms with Crippen LogP contribution in [0.3, 0.4) is 0 Å². The summed E-state index contributed by atoms with van der Waals surface area (Å²) < 4.78 is 13.4. The Balaban J connectivity index is 3.49. The molecule has 0 saturated carbocycles. The lowest BCUT2D eigenvalue weighted by Crippen LogP contribution is -2.16. The molecule has 15 heavy (non-hydrogen) atoms. The summed E-state index contributed by atoms with van der Waals surface area (Å²) in [6, 6.07) is 1.25. The van der Waals surface area contributed by atoms with Crippen molar-refractivity contribution >= 4 is 21.9 Å². The van der Waals surface area contributed by atoms with Gasteiger partial charge in [0.2, 0.25) is 5.95 Å². The molecular formula is C10H11BrFNO2. The molecule has 1 rings (SSSR count). The van der Waals surface area contributed by atoms with Gasteiger partial charge in [0, 0.05) is 0 Å². The number of halogens is 2. The van der Waals surface area contributed by atoms with Crippen molar-refractivity contribution in [2.24, 2.45) is 0 Å². The largest absolute Gasteiger partial charge is 0.476 e. The maximum atomic E-state index is 13.1. The van der Waals surface area contributed by atoms with E-state index < -0.39 is 11.9 Å². The number of carboxylic acid groups (broad SMARTS) is 1. The minimum Gasteiger partial charge on any atom is -0.476 e. The van der Waals surface area contributed by atoms with Gasteiger partial charge in [0.25, 0.3) is 0 Å². The molecule has 0 bridgehead atoms. The minimum absolute atomic E-state index is 0.292. The molecule has 0 saturated heterocycles. The molecule has 0 fully saturated rings. The van der Waals surface area contributed by atoms with E-state index >= 15 is 0 Å². The number of aromatic carboxylic acids is 1. The molecule has 0 radical (unpaired) electrons. The monoisotopic (exact) mass is 275 g/mol. The standard InChI is InChI=1S/C10H11BrFNO2/c1-10(2,3)5-4-6(12)13-8(7(5)11)9(14)15/h4H,1-3H3,(H,14,15). The minimum atomic E-state index is -1.24. The van der Waals surface area contributed by atoms with Gasteiger partial charge in [-0.25, -0.2) is 9.78 Å². The fourth-order valence-electron chi connectivity index (χ4n) is 1.19. The van der Waals surface area contributed by atoms with Crippen LogP contribution in [-0.2, 0) is 5.41 Å². The van der Waals surface area contributed by atoms with Gasteiger partial charge < -0.3 is 5.11 Å². The molecule has 0 atom stereocenters. The number of carboxylic acids is 1. The highest BCUT2D eigenvalue weighted by Gasteiger charge is 2.23. The number of pyridine rings is 1. The third kappa shape index (κ3) is 2.53. The van der Waals surface area contributed by atoms with Crippen LogP contribution >= 0.6 is 15.9 Å². The molecule has 0 aromatic carbocycles. The Morgan fingerprint density at radius 3 is 2.47 bits per heavy atom. The highest BCUT2D eigenvalue weighted by atomic mass is 79.9. The van der Waals surface area contributed by atoms with Gasteiger partial charge in [-0.05, 0) is 33.0 Å². The van der Waals surface area contributed by atoms with E-state index in [0.29, 0.717) is 10.0 Å². The first kappa shape index (κ1) is 12.1. The van der Waals surface area contributed by atoms with E-state index in [2.05, 4.69) is 20.9 Å². The number of aromatic nitrogens is 1. The van der Waals surface area contributed by atoms with E-state index in [0.717, 1.165) is 0 Å². The number of hydrogen-bond acceptors (Lipinski definition) is 2. The molecule has 3 nitrogen and oxygen atoms in total. The smallest absolute Gasteiger partial charge is 0.355 e. The molecule has 1 aromatic heterocycles. The van der Waals surface area contributed by atoms with Crippen LogP contribution in [0.25, 0.3) is 0 Å². The van der Waals surface area contributed by atoms with Crippen molar-refractivity contribution in [3.63, 3.8) is 0 Å². The molecule has 0 unspecified atom stereocenters. The van der Waals surface area contributed by atoms with Crippen molar-refractivity contribution in [2.45, 2.75) is 26.2 Å². The van der Waals surface area contributed by atoms with Gasteiger partial charge in [-0.15, -0.1) is 0 Å². The van der Waals surface area contributed by atoms with Crippen molar-refractivity contribution < 1.29 is 14.3 Å². The van der Waals surface area contributed by atoms with Gasteiger partial charge in [0.05, 0.1) is 4.47 Å². The molecule has 1 aromatic rings. The molecule has 1 heterocycles. The Labute approximate surface area is 95.5 Å². The average molecular weight is 276 g/mol. The van der Waals surface area contributed by atoms with Gasteiger partial charge in [-0.3, -0.25) is 0 Å². The fraction of sp³-hybridized carbons (Fsp3) is 0.400. The third-order valence-corrected chi connectivity index (χ3v) is 2.74. The first-order chi connectivity index (χ1) is 6.73. The van der Waals surface area contributed by atoms with Crippen LogP contribution in [0.15, 0.2) is 10.5 Å². The number of hydrogen-bond donors (Lipinski definition) is 1. The Kier molecular flexibility index (Phi) is 3.13. The van der Waals surface area contributed by atoms with Crippen LogP contribution < -0.4 is 0 Å². The summed E-state index contributed by atoms with van der Waals surface area (Å²) in [6.07, 6.45) is 0. The molecule has 0 aliphatic carbocycles. The lowest BCUT2D eigenvalue weighted by molar-refractivity contribution is 0.0687. The lowest BCUT2D eigenvalue weighted by Gasteiger charge is -2.21. The van der Waals surface area contributed by atoms with E-state index in [1.54, 1.807) is 0 Å². The first-order valence-electron chi connectivity index (χ1n) is 4.33. The Hall–Kier alpha value is -0.970. The van der Waals surface area contributed by atoms with Gasteiger partial charge in [-0.2, -0.15) is 4.39 Å². The van der Waals surface area contributed by atoms with Crippen LogP contribution in [-0.4, -0.2) is 16.1 Å². The summed E-state index contributed by atoms with van der Waals surface area (Å²) in [5.41, 5.74) is -0.0420. The zero-order valence-corrected chi connectivity index (χ0v) is 10.2. The zero-order valence-electron chi connectivity index (χ0n) is 8.64. The van der Waals surface area contributed by atoms with Gasteiger partial charge >= 0.3 is 5.97 Å². The summed E-state index contributed by atoms with van der Waals surface area (Å²) in [5, 5.41) is 8.82. The second-order valence-electron chi connectivity index (χ2n) is 4.21. The third-order valence-electron chi connectivity index (χ3n) is 1.94. The predicted octanol–water partition coefficient (Wildman–Crippen LogP) is 2.98. The van der Waals surface area contributed by atoms with Crippen LogP contribution in [0.4, 0.5) is 4.39 Å². The van der Waals surface area contributed by atoms with Crippen molar-refractivity contribution in [1.29, 1.82) is 0 Å². The topological polar surface area (TPSA) is 50.2 Å². The Bertz CT molecular complexity index is 413. The van der Waals surface area contributed by atoms with E-state index in [4.69, 9.17) is 5.11 Å². The average Bonchev–Trinajstić information content (AvgIpc) is 2.06. The second kappa shape index (κ2) is 3.89. The first-order valence-corrected chi connectivity index (χ1v) is 5.12. The molecule has 0 aliphatic heterocycles. The van der Waals surface area contributed by atoms with Crippen molar-refractivity contribution in [3.05, 3.63) is 27.7 Å². The Morgan fingerprint density at radius 1 is 1.53 bits per heavy atom. The van der Waals surface area contributed by atoms with Crippen LogP contribution in [0.2, 0.25) is 0 Å². The van der Waals surface area contributed by atoms with Crippen molar-refractivity contribution in [3.8, 4) is 0 Å². The van der Waals surface area contributed by atoms with Crippen LogP contribution in [0.5, 0.6) is 0 Å². The molecule has 0 spiro atoms. The highest BCUT2D eigenvalue weighted by molar-refractivity contribution is 9.10. The summed E-state index contributed by atoms with van der Waals surface area (Å²) in [7, 11) is 0. The molecule has 5 heteroatoms. The van der Waals surface area contributed by atoms with E-state index in [9.17, 15) is 9.18 Å². The molecule has 82 valence electrons. The molecule has 0 aliphatic rings. The predicted molar refractivity (Wildman–Crippen MR) is 57.6 cm³/mol. The normalized spacial score (nSPS) is 11.5. The zero-order chi connectivity index (χ0) is 11.8.